The number of aromatic nitrogens is 6. The smallest absolute Gasteiger partial charge is 0.0889 e. The number of thiophene rings is 1. The van der Waals surface area contributed by atoms with Gasteiger partial charge in [0.15, 0.2) is 0 Å². The van der Waals surface area contributed by atoms with Gasteiger partial charge >= 0.3 is 0 Å². The zero-order valence-corrected chi connectivity index (χ0v) is 34.5. The topological polar surface area (TPSA) is 61.4 Å². The highest BCUT2D eigenvalue weighted by Gasteiger charge is 2.18. The summed E-state index contributed by atoms with van der Waals surface area (Å²) in [7, 11) is 0. The molecule has 0 unspecified atom stereocenters. The molecule has 0 atom stereocenters. The van der Waals surface area contributed by atoms with Crippen LogP contribution in [0.15, 0.2) is 207 Å². The highest BCUT2D eigenvalue weighted by molar-refractivity contribution is 7.25. The van der Waals surface area contributed by atoms with E-state index in [9.17, 15) is 0 Å². The van der Waals surface area contributed by atoms with Gasteiger partial charge in [0.25, 0.3) is 0 Å². The summed E-state index contributed by atoms with van der Waals surface area (Å²) in [5, 5.41) is 5.90. The first-order chi connectivity index (χ1) is 31.2. The van der Waals surface area contributed by atoms with Crippen LogP contribution in [-0.2, 0) is 0 Å². The molecule has 13 rings (SSSR count). The van der Waals surface area contributed by atoms with Gasteiger partial charge in [-0.3, -0.25) is 15.0 Å². The third kappa shape index (κ3) is 5.78. The molecule has 294 valence electrons. The van der Waals surface area contributed by atoms with Crippen LogP contribution in [0.5, 0.6) is 0 Å². The Balaban J connectivity index is 0.901. The van der Waals surface area contributed by atoms with Crippen LogP contribution in [0, 0.1) is 0 Å². The summed E-state index contributed by atoms with van der Waals surface area (Å²) in [5.74, 6) is 0. The van der Waals surface area contributed by atoms with Crippen LogP contribution in [0.2, 0.25) is 0 Å². The molecule has 0 aliphatic heterocycles. The molecule has 6 nitrogen and oxygen atoms in total. The van der Waals surface area contributed by atoms with Crippen LogP contribution >= 0.6 is 11.3 Å². The van der Waals surface area contributed by atoms with Crippen molar-refractivity contribution < 1.29 is 0 Å². The molecule has 63 heavy (non-hydrogen) atoms. The van der Waals surface area contributed by atoms with E-state index in [2.05, 4.69) is 179 Å². The molecule has 7 aromatic carbocycles. The van der Waals surface area contributed by atoms with E-state index in [1.807, 2.05) is 36.8 Å². The lowest BCUT2D eigenvalue weighted by atomic mass is 10.1. The van der Waals surface area contributed by atoms with Crippen LogP contribution in [0.4, 0.5) is 0 Å². The van der Waals surface area contributed by atoms with E-state index in [0.29, 0.717) is 0 Å². The van der Waals surface area contributed by atoms with E-state index >= 15 is 0 Å². The minimum absolute atomic E-state index is 0.819. The van der Waals surface area contributed by atoms with Gasteiger partial charge in [0.05, 0.1) is 73.1 Å². The Labute approximate surface area is 365 Å². The van der Waals surface area contributed by atoms with E-state index < -0.39 is 0 Å². The van der Waals surface area contributed by atoms with Crippen molar-refractivity contribution in [3.8, 4) is 56.4 Å². The van der Waals surface area contributed by atoms with Gasteiger partial charge in [0.2, 0.25) is 0 Å². The number of hydrogen-bond donors (Lipinski definition) is 0. The van der Waals surface area contributed by atoms with E-state index in [-0.39, 0.29) is 0 Å². The normalized spacial score (nSPS) is 11.8. The van der Waals surface area contributed by atoms with Crippen molar-refractivity contribution in [3.05, 3.63) is 207 Å². The monoisotopic (exact) mass is 822 g/mol. The zero-order valence-electron chi connectivity index (χ0n) is 33.7. The van der Waals surface area contributed by atoms with Crippen molar-refractivity contribution in [2.24, 2.45) is 0 Å². The standard InChI is InChI=1S/C56H34N6S/c1-3-12-35(13-4-1)46-31-40(32-47(60-46)36-14-5-2-6-15-36)62-51-19-10-8-17-42(51)44-28-37(22-25-52(44)62)48-33-59-49(34-58-48)38-21-24-43-41-16-7-9-18-50(41)61(53(43)29-38)39-23-26-54-45(30-39)56-55(63-54)20-11-27-57-56/h1-34H. The van der Waals surface area contributed by atoms with Crippen LogP contribution in [0.1, 0.15) is 0 Å². The Kier molecular flexibility index (Phi) is 7.98. The van der Waals surface area contributed by atoms with Gasteiger partial charge in [-0.2, -0.15) is 0 Å². The summed E-state index contributed by atoms with van der Waals surface area (Å²) in [6.07, 6.45) is 5.68. The van der Waals surface area contributed by atoms with E-state index in [1.165, 1.54) is 30.9 Å². The van der Waals surface area contributed by atoms with Crippen molar-refractivity contribution >= 4 is 75.3 Å². The van der Waals surface area contributed by atoms with Crippen LogP contribution < -0.4 is 0 Å². The third-order valence-corrected chi connectivity index (χ3v) is 13.4. The number of pyridine rings is 2. The van der Waals surface area contributed by atoms with Gasteiger partial charge in [-0.15, -0.1) is 11.3 Å². The van der Waals surface area contributed by atoms with E-state index in [0.717, 1.165) is 89.4 Å². The molecular formula is C56H34N6S. The van der Waals surface area contributed by atoms with Crippen molar-refractivity contribution in [2.45, 2.75) is 0 Å². The summed E-state index contributed by atoms with van der Waals surface area (Å²) in [4.78, 5) is 20.0. The molecule has 0 saturated heterocycles. The fourth-order valence-corrected chi connectivity index (χ4v) is 10.4. The summed E-state index contributed by atoms with van der Waals surface area (Å²) in [6.45, 7) is 0. The summed E-state index contributed by atoms with van der Waals surface area (Å²) < 4.78 is 7.15. The molecule has 0 amide bonds. The van der Waals surface area contributed by atoms with Crippen LogP contribution in [0.3, 0.4) is 0 Å². The molecular weight excluding hydrogens is 789 g/mol. The molecule has 0 saturated carbocycles. The first kappa shape index (κ1) is 35.5. The zero-order chi connectivity index (χ0) is 41.4. The Bertz CT molecular complexity index is 3850. The molecule has 0 aliphatic rings. The maximum absolute atomic E-state index is 5.15. The maximum Gasteiger partial charge on any atom is 0.0889 e. The van der Waals surface area contributed by atoms with Crippen LogP contribution in [-0.4, -0.2) is 29.1 Å². The largest absolute Gasteiger partial charge is 0.309 e. The summed E-state index contributed by atoms with van der Waals surface area (Å²) >= 11 is 1.78. The van der Waals surface area contributed by atoms with Gasteiger partial charge in [0, 0.05) is 65.8 Å². The average molecular weight is 823 g/mol. The lowest BCUT2D eigenvalue weighted by Gasteiger charge is -2.13. The van der Waals surface area contributed by atoms with Gasteiger partial charge in [-0.05, 0) is 72.8 Å². The molecule has 6 aromatic heterocycles. The number of hydrogen-bond acceptors (Lipinski definition) is 5. The Morgan fingerprint density at radius 3 is 1.62 bits per heavy atom. The minimum Gasteiger partial charge on any atom is -0.309 e. The number of nitrogens with zero attached hydrogens (tertiary/aromatic N) is 6. The minimum atomic E-state index is 0.819. The molecule has 0 aliphatic carbocycles. The number of para-hydroxylation sites is 2. The second-order valence-corrected chi connectivity index (χ2v) is 17.0. The fraction of sp³-hybridized carbons (Fsp3) is 0. The third-order valence-electron chi connectivity index (χ3n) is 12.3. The number of rotatable bonds is 6. The molecule has 0 spiro atoms. The van der Waals surface area contributed by atoms with Gasteiger partial charge in [-0.25, -0.2) is 4.98 Å². The molecule has 0 fully saturated rings. The Morgan fingerprint density at radius 2 is 0.921 bits per heavy atom. The van der Waals surface area contributed by atoms with E-state index in [1.54, 1.807) is 11.3 Å². The second kappa shape index (κ2) is 14.2. The van der Waals surface area contributed by atoms with Crippen molar-refractivity contribution in [1.82, 2.24) is 29.1 Å². The maximum atomic E-state index is 5.15. The molecule has 13 aromatic rings. The number of benzene rings is 7. The molecule has 7 heteroatoms. The first-order valence-electron chi connectivity index (χ1n) is 21.0. The molecule has 0 N–H and O–H groups in total. The van der Waals surface area contributed by atoms with Crippen LogP contribution in [0.25, 0.3) is 120 Å². The van der Waals surface area contributed by atoms with Crippen molar-refractivity contribution in [2.75, 3.05) is 0 Å². The Morgan fingerprint density at radius 1 is 0.333 bits per heavy atom. The predicted molar refractivity (Wildman–Crippen MR) is 261 cm³/mol. The van der Waals surface area contributed by atoms with Gasteiger partial charge in [0.1, 0.15) is 0 Å². The highest BCUT2D eigenvalue weighted by atomic mass is 32.1. The second-order valence-electron chi connectivity index (χ2n) is 15.9. The molecule has 0 radical (unpaired) electrons. The van der Waals surface area contributed by atoms with Gasteiger partial charge < -0.3 is 9.13 Å². The molecule has 0 bridgehead atoms. The summed E-state index contributed by atoms with van der Waals surface area (Å²) in [6, 6.07) is 66.6. The highest BCUT2D eigenvalue weighted by Crippen LogP contribution is 2.40. The first-order valence-corrected chi connectivity index (χ1v) is 21.8. The number of fused-ring (bicyclic) bond motifs is 9. The molecule has 6 heterocycles. The fourth-order valence-electron chi connectivity index (χ4n) is 9.33. The quantitative estimate of drug-likeness (QED) is 0.168. The van der Waals surface area contributed by atoms with Crippen molar-refractivity contribution in [3.63, 3.8) is 0 Å². The van der Waals surface area contributed by atoms with E-state index in [4.69, 9.17) is 19.9 Å². The van der Waals surface area contributed by atoms with Crippen molar-refractivity contribution in [1.29, 1.82) is 0 Å². The predicted octanol–water partition coefficient (Wildman–Crippen LogP) is 14.5. The lowest BCUT2D eigenvalue weighted by molar-refractivity contribution is 1.16. The Hall–Kier alpha value is -8.26. The summed E-state index contributed by atoms with van der Waals surface area (Å²) in [5.41, 5.74) is 15.4. The average Bonchev–Trinajstić information content (AvgIpc) is 4.01. The lowest BCUT2D eigenvalue weighted by Crippen LogP contribution is -1.98. The van der Waals surface area contributed by atoms with Gasteiger partial charge in [-0.1, -0.05) is 115 Å². The SMILES string of the molecule is c1ccc(-c2cc(-n3c4ccccc4c4cc(-c5cnc(-c6ccc7c8ccccc8n(-c8ccc9sc%10cccnc%10c9c8)c7c6)cn5)ccc43)cc(-c3ccccc3)n2)cc1.